The van der Waals surface area contributed by atoms with Crippen LogP contribution in [0.4, 0.5) is 5.69 Å². The van der Waals surface area contributed by atoms with E-state index in [1.165, 1.54) is 11.3 Å². The number of benzene rings is 1. The average Bonchev–Trinajstić information content (AvgIpc) is 3.10. The number of para-hydroxylation sites is 1. The quantitative estimate of drug-likeness (QED) is 0.682. The first-order valence-electron chi connectivity index (χ1n) is 7.79. The molecule has 3 atom stereocenters. The Kier molecular flexibility index (Phi) is 2.31. The van der Waals surface area contributed by atoms with E-state index >= 15 is 0 Å². The summed E-state index contributed by atoms with van der Waals surface area (Å²) in [7, 11) is 0. The van der Waals surface area contributed by atoms with Crippen LogP contribution >= 0.6 is 0 Å². The number of hydrogen-bond acceptors (Lipinski definition) is 4. The maximum Gasteiger partial charge on any atom is 0.169 e. The van der Waals surface area contributed by atoms with Crippen LogP contribution < -0.4 is 4.90 Å². The predicted octanol–water partition coefficient (Wildman–Crippen LogP) is 3.29. The van der Waals surface area contributed by atoms with E-state index in [1.807, 2.05) is 0 Å². The van der Waals surface area contributed by atoms with Crippen molar-refractivity contribution in [1.29, 1.82) is 0 Å². The van der Waals surface area contributed by atoms with Gasteiger partial charge in [-0.1, -0.05) is 30.4 Å². The maximum absolute atomic E-state index is 4.39. The number of fused-ring (bicyclic) bond motifs is 7. The number of azo groups is 1. The van der Waals surface area contributed by atoms with Crippen molar-refractivity contribution in [2.75, 3.05) is 11.6 Å². The lowest BCUT2D eigenvalue weighted by molar-refractivity contribution is 0.183. The Morgan fingerprint density at radius 3 is 2.95 bits per heavy atom. The van der Waals surface area contributed by atoms with E-state index in [4.69, 9.17) is 0 Å². The molecule has 1 aromatic carbocycles. The van der Waals surface area contributed by atoms with Gasteiger partial charge in [-0.3, -0.25) is 0 Å². The van der Waals surface area contributed by atoms with Gasteiger partial charge >= 0.3 is 0 Å². The first kappa shape index (κ1) is 11.5. The molecule has 3 heterocycles. The fourth-order valence-corrected chi connectivity index (χ4v) is 4.35. The topological polar surface area (TPSA) is 31.2 Å². The monoisotopic (exact) mass is 278 g/mol. The van der Waals surface area contributed by atoms with E-state index in [9.17, 15) is 0 Å². The Hall–Kier alpha value is -2.10. The summed E-state index contributed by atoms with van der Waals surface area (Å²) >= 11 is 0. The third-order valence-electron chi connectivity index (χ3n) is 5.34. The predicted molar refractivity (Wildman–Crippen MR) is 81.7 cm³/mol. The molecule has 0 amide bonds. The van der Waals surface area contributed by atoms with Crippen LogP contribution in [0, 0.1) is 5.92 Å². The van der Waals surface area contributed by atoms with E-state index in [0.29, 0.717) is 18.0 Å². The molecule has 3 aliphatic heterocycles. The molecule has 0 aromatic heterocycles. The first-order valence-corrected chi connectivity index (χ1v) is 7.79. The van der Waals surface area contributed by atoms with Crippen LogP contribution in [0.25, 0.3) is 0 Å². The lowest BCUT2D eigenvalue weighted by Gasteiger charge is -2.38. The molecule has 0 bridgehead atoms. The van der Waals surface area contributed by atoms with E-state index < -0.39 is 0 Å². The molecule has 1 aromatic rings. The molecule has 3 unspecified atom stereocenters. The van der Waals surface area contributed by atoms with Crippen molar-refractivity contribution in [2.24, 2.45) is 16.1 Å². The van der Waals surface area contributed by atoms with Crippen LogP contribution in [0.2, 0.25) is 0 Å². The summed E-state index contributed by atoms with van der Waals surface area (Å²) in [6, 6.07) is 9.90. The van der Waals surface area contributed by atoms with Gasteiger partial charge in [0.15, 0.2) is 5.82 Å². The second kappa shape index (κ2) is 4.20. The lowest BCUT2D eigenvalue weighted by atomic mass is 9.81. The molecular formula is C17H18N4. The molecule has 4 aliphatic rings. The van der Waals surface area contributed by atoms with Crippen molar-refractivity contribution in [3.05, 3.63) is 54.0 Å². The molecule has 4 nitrogen and oxygen atoms in total. The highest BCUT2D eigenvalue weighted by Crippen LogP contribution is 2.44. The Morgan fingerprint density at radius 1 is 1.05 bits per heavy atom. The third-order valence-corrected chi connectivity index (χ3v) is 5.34. The summed E-state index contributed by atoms with van der Waals surface area (Å²) in [4.78, 5) is 4.86. The smallest absolute Gasteiger partial charge is 0.169 e. The highest BCUT2D eigenvalue weighted by Gasteiger charge is 2.44. The van der Waals surface area contributed by atoms with Gasteiger partial charge in [-0.05, 0) is 30.9 Å². The van der Waals surface area contributed by atoms with E-state index in [2.05, 4.69) is 62.6 Å². The van der Waals surface area contributed by atoms with Crippen LogP contribution in [-0.4, -0.2) is 23.7 Å². The zero-order valence-corrected chi connectivity index (χ0v) is 11.9. The normalized spacial score (nSPS) is 32.2. The third kappa shape index (κ3) is 1.56. The summed E-state index contributed by atoms with van der Waals surface area (Å²) in [5, 5.41) is 8.65. The SMILES string of the molecule is C1=CCC2C(C1)C1Cc3ccccc3N1C=C1N=NCN12. The van der Waals surface area contributed by atoms with Crippen molar-refractivity contribution in [1.82, 2.24) is 4.90 Å². The van der Waals surface area contributed by atoms with Crippen molar-refractivity contribution < 1.29 is 0 Å². The molecule has 1 aliphatic carbocycles. The van der Waals surface area contributed by atoms with Gasteiger partial charge < -0.3 is 9.80 Å². The van der Waals surface area contributed by atoms with Crippen LogP contribution in [0.15, 0.2) is 58.7 Å². The van der Waals surface area contributed by atoms with Crippen LogP contribution in [0.1, 0.15) is 18.4 Å². The Balaban J connectivity index is 1.66. The van der Waals surface area contributed by atoms with E-state index in [0.717, 1.165) is 31.8 Å². The molecule has 0 saturated heterocycles. The number of nitrogens with zero attached hydrogens (tertiary/aromatic N) is 4. The maximum atomic E-state index is 4.39. The van der Waals surface area contributed by atoms with Gasteiger partial charge in [-0.25, -0.2) is 0 Å². The minimum atomic E-state index is 0.542. The number of rotatable bonds is 0. The molecule has 0 radical (unpaired) electrons. The van der Waals surface area contributed by atoms with Gasteiger partial charge in [0.2, 0.25) is 0 Å². The molecule has 0 saturated carbocycles. The van der Waals surface area contributed by atoms with Gasteiger partial charge in [-0.15, -0.1) is 5.11 Å². The fraction of sp³-hybridized carbons (Fsp3) is 0.412. The van der Waals surface area contributed by atoms with Gasteiger partial charge in [0.05, 0.1) is 0 Å². The van der Waals surface area contributed by atoms with E-state index in [1.54, 1.807) is 0 Å². The summed E-state index contributed by atoms with van der Waals surface area (Å²) in [6.07, 6.45) is 10.4. The highest BCUT2D eigenvalue weighted by atomic mass is 15.4. The minimum absolute atomic E-state index is 0.542. The van der Waals surface area contributed by atoms with Gasteiger partial charge in [0.25, 0.3) is 0 Å². The second-order valence-corrected chi connectivity index (χ2v) is 6.32. The summed E-state index contributed by atoms with van der Waals surface area (Å²) in [5.41, 5.74) is 2.82. The summed E-state index contributed by atoms with van der Waals surface area (Å²) in [5.74, 6) is 1.69. The van der Waals surface area contributed by atoms with Gasteiger partial charge in [0, 0.05) is 29.9 Å². The first-order chi connectivity index (χ1) is 10.4. The Bertz CT molecular complexity index is 675. The van der Waals surface area contributed by atoms with Gasteiger partial charge in [0.1, 0.15) is 6.67 Å². The molecular weight excluding hydrogens is 260 g/mol. The molecule has 106 valence electrons. The van der Waals surface area contributed by atoms with Gasteiger partial charge in [-0.2, -0.15) is 5.11 Å². The number of anilines is 1. The van der Waals surface area contributed by atoms with Crippen molar-refractivity contribution in [3.8, 4) is 0 Å². The number of hydrogen-bond donors (Lipinski definition) is 0. The number of allylic oxidation sites excluding steroid dienone is 1. The Morgan fingerprint density at radius 2 is 1.95 bits per heavy atom. The zero-order chi connectivity index (χ0) is 13.8. The zero-order valence-electron chi connectivity index (χ0n) is 11.9. The standard InChI is InChI=1S/C17H18N4/c1-3-7-14-12(5-1)9-16-13-6-2-4-8-15(13)21-11-18-19-17(21)10-20(14)16/h1-5,7,10,13,15-16H,6,8-9,11H2. The van der Waals surface area contributed by atoms with Crippen molar-refractivity contribution in [3.63, 3.8) is 0 Å². The van der Waals surface area contributed by atoms with Crippen LogP contribution in [0.3, 0.4) is 0 Å². The fourth-order valence-electron chi connectivity index (χ4n) is 4.35. The second-order valence-electron chi connectivity index (χ2n) is 6.32. The lowest BCUT2D eigenvalue weighted by Crippen LogP contribution is -2.45. The van der Waals surface area contributed by atoms with Crippen molar-refractivity contribution >= 4 is 5.69 Å². The van der Waals surface area contributed by atoms with Crippen LogP contribution in [0.5, 0.6) is 0 Å². The average molecular weight is 278 g/mol. The minimum Gasteiger partial charge on any atom is -0.340 e. The molecule has 5 rings (SSSR count). The molecule has 0 N–H and O–H groups in total. The molecule has 0 fully saturated rings. The summed E-state index contributed by atoms with van der Waals surface area (Å²) < 4.78 is 0. The summed E-state index contributed by atoms with van der Waals surface area (Å²) in [6.45, 7) is 0.725. The highest BCUT2D eigenvalue weighted by molar-refractivity contribution is 5.62. The molecule has 21 heavy (non-hydrogen) atoms. The molecule has 4 heteroatoms. The van der Waals surface area contributed by atoms with Crippen molar-refractivity contribution in [2.45, 2.75) is 31.3 Å². The van der Waals surface area contributed by atoms with Crippen LogP contribution in [-0.2, 0) is 6.42 Å². The van der Waals surface area contributed by atoms with E-state index in [-0.39, 0.29) is 0 Å². The molecule has 0 spiro atoms. The largest absolute Gasteiger partial charge is 0.340 e. The Labute approximate surface area is 124 Å².